The quantitative estimate of drug-likeness (QED) is 0.331. The molecule has 1 fully saturated rings. The van der Waals surface area contributed by atoms with E-state index in [2.05, 4.69) is 20.4 Å². The predicted octanol–water partition coefficient (Wildman–Crippen LogP) is 4.28. The molecule has 0 aromatic carbocycles. The molecule has 132 valence electrons. The second-order valence-electron chi connectivity index (χ2n) is 6.23. The minimum Gasteiger partial charge on any atom is -0.395 e. The van der Waals surface area contributed by atoms with Gasteiger partial charge in [0.1, 0.15) is 0 Å². The SMILES string of the molecule is CCO[Si](C)(CCCCCCCCOCC1CCO1)OCC. The van der Waals surface area contributed by atoms with Crippen LogP contribution < -0.4 is 0 Å². The van der Waals surface area contributed by atoms with Crippen molar-refractivity contribution in [3.63, 3.8) is 0 Å². The van der Waals surface area contributed by atoms with Crippen LogP contribution in [0.5, 0.6) is 0 Å². The summed E-state index contributed by atoms with van der Waals surface area (Å²) >= 11 is 0. The molecule has 0 aliphatic carbocycles. The van der Waals surface area contributed by atoms with Gasteiger partial charge in [0.05, 0.1) is 12.7 Å². The first-order valence-electron chi connectivity index (χ1n) is 9.17. The van der Waals surface area contributed by atoms with Crippen molar-refractivity contribution in [2.24, 2.45) is 0 Å². The average Bonchev–Trinajstić information content (AvgIpc) is 2.43. The van der Waals surface area contributed by atoms with Crippen molar-refractivity contribution < 1.29 is 18.3 Å². The van der Waals surface area contributed by atoms with Gasteiger partial charge in [-0.25, -0.2) is 0 Å². The van der Waals surface area contributed by atoms with Crippen LogP contribution in [0.3, 0.4) is 0 Å². The molecular formula is C17H36O4Si. The summed E-state index contributed by atoms with van der Waals surface area (Å²) in [4.78, 5) is 0. The van der Waals surface area contributed by atoms with E-state index in [-0.39, 0.29) is 0 Å². The molecule has 0 amide bonds. The third-order valence-electron chi connectivity index (χ3n) is 4.17. The minimum atomic E-state index is -1.88. The number of rotatable bonds is 15. The number of hydrogen-bond acceptors (Lipinski definition) is 4. The van der Waals surface area contributed by atoms with E-state index in [9.17, 15) is 0 Å². The maximum atomic E-state index is 5.87. The van der Waals surface area contributed by atoms with Gasteiger partial charge >= 0.3 is 8.56 Å². The Morgan fingerprint density at radius 3 is 2.09 bits per heavy atom. The molecule has 0 saturated carbocycles. The average molecular weight is 333 g/mol. The van der Waals surface area contributed by atoms with Gasteiger partial charge in [-0.1, -0.05) is 32.1 Å². The van der Waals surface area contributed by atoms with E-state index in [0.717, 1.165) is 39.1 Å². The summed E-state index contributed by atoms with van der Waals surface area (Å²) in [5.41, 5.74) is 0. The molecule has 22 heavy (non-hydrogen) atoms. The highest BCUT2D eigenvalue weighted by molar-refractivity contribution is 6.66. The lowest BCUT2D eigenvalue weighted by atomic mass is 10.1. The first-order chi connectivity index (χ1) is 10.7. The highest BCUT2D eigenvalue weighted by Gasteiger charge is 2.29. The molecule has 0 N–H and O–H groups in total. The van der Waals surface area contributed by atoms with Gasteiger partial charge in [-0.2, -0.15) is 0 Å². The Bertz CT molecular complexity index is 253. The zero-order chi connectivity index (χ0) is 16.1. The van der Waals surface area contributed by atoms with Crippen LogP contribution in [-0.2, 0) is 18.3 Å². The third-order valence-corrected chi connectivity index (χ3v) is 7.23. The Balaban J connectivity index is 1.85. The van der Waals surface area contributed by atoms with Crippen molar-refractivity contribution in [1.29, 1.82) is 0 Å². The van der Waals surface area contributed by atoms with Crippen LogP contribution in [-0.4, -0.2) is 47.7 Å². The standard InChI is InChI=1S/C17H36O4Si/c1-4-20-22(3,21-5-2)15-11-9-7-6-8-10-13-18-16-17-12-14-19-17/h17H,4-16H2,1-3H3. The van der Waals surface area contributed by atoms with Crippen LogP contribution in [0, 0.1) is 0 Å². The summed E-state index contributed by atoms with van der Waals surface area (Å²) in [6.07, 6.45) is 9.16. The van der Waals surface area contributed by atoms with Gasteiger partial charge in [0.2, 0.25) is 0 Å². The summed E-state index contributed by atoms with van der Waals surface area (Å²) in [6.45, 7) is 10.5. The van der Waals surface area contributed by atoms with Crippen LogP contribution in [0.2, 0.25) is 12.6 Å². The predicted molar refractivity (Wildman–Crippen MR) is 92.6 cm³/mol. The highest BCUT2D eigenvalue weighted by atomic mass is 28.4. The van der Waals surface area contributed by atoms with Gasteiger partial charge in [-0.05, 0) is 39.3 Å². The van der Waals surface area contributed by atoms with Gasteiger partial charge in [0.25, 0.3) is 0 Å². The molecule has 1 rings (SSSR count). The second-order valence-corrected chi connectivity index (χ2v) is 9.57. The molecular weight excluding hydrogens is 296 g/mol. The van der Waals surface area contributed by atoms with Crippen molar-refractivity contribution in [3.05, 3.63) is 0 Å². The molecule has 4 nitrogen and oxygen atoms in total. The van der Waals surface area contributed by atoms with E-state index in [1.165, 1.54) is 44.9 Å². The number of ether oxygens (including phenoxy) is 2. The molecule has 1 aliphatic heterocycles. The van der Waals surface area contributed by atoms with E-state index >= 15 is 0 Å². The Hall–Kier alpha value is 0.0569. The fourth-order valence-electron chi connectivity index (χ4n) is 2.78. The van der Waals surface area contributed by atoms with Crippen LogP contribution in [0.1, 0.15) is 58.8 Å². The molecule has 1 atom stereocenters. The first-order valence-corrected chi connectivity index (χ1v) is 11.7. The van der Waals surface area contributed by atoms with Crippen LogP contribution in [0.15, 0.2) is 0 Å². The lowest BCUT2D eigenvalue weighted by Gasteiger charge is -2.26. The zero-order valence-electron chi connectivity index (χ0n) is 14.9. The topological polar surface area (TPSA) is 36.9 Å². The molecule has 0 radical (unpaired) electrons. The largest absolute Gasteiger partial charge is 0.395 e. The summed E-state index contributed by atoms with van der Waals surface area (Å²) in [7, 11) is -1.88. The molecule has 1 aliphatic rings. The van der Waals surface area contributed by atoms with Gasteiger partial charge in [-0.3, -0.25) is 0 Å². The smallest absolute Gasteiger partial charge is 0.334 e. The van der Waals surface area contributed by atoms with E-state index < -0.39 is 8.56 Å². The van der Waals surface area contributed by atoms with Crippen molar-refractivity contribution in [3.8, 4) is 0 Å². The fraction of sp³-hybridized carbons (Fsp3) is 1.00. The van der Waals surface area contributed by atoms with Crippen molar-refractivity contribution in [2.75, 3.05) is 33.0 Å². The molecule has 0 bridgehead atoms. The van der Waals surface area contributed by atoms with Crippen molar-refractivity contribution in [2.45, 2.75) is 77.5 Å². The lowest BCUT2D eigenvalue weighted by molar-refractivity contribution is -0.0939. The zero-order valence-corrected chi connectivity index (χ0v) is 15.9. The van der Waals surface area contributed by atoms with Gasteiger partial charge < -0.3 is 18.3 Å². The van der Waals surface area contributed by atoms with Crippen molar-refractivity contribution in [1.82, 2.24) is 0 Å². The normalized spacial score (nSPS) is 18.4. The number of unbranched alkanes of at least 4 members (excludes halogenated alkanes) is 5. The minimum absolute atomic E-state index is 0.383. The molecule has 0 aromatic heterocycles. The summed E-state index contributed by atoms with van der Waals surface area (Å²) in [5.74, 6) is 0. The first kappa shape index (κ1) is 20.1. The van der Waals surface area contributed by atoms with Crippen molar-refractivity contribution >= 4 is 8.56 Å². The molecule has 5 heteroatoms. The summed E-state index contributed by atoms with van der Waals surface area (Å²) in [6, 6.07) is 1.12. The van der Waals surface area contributed by atoms with E-state index in [4.69, 9.17) is 18.3 Å². The van der Waals surface area contributed by atoms with E-state index in [1.807, 2.05) is 0 Å². The Morgan fingerprint density at radius 1 is 0.955 bits per heavy atom. The van der Waals surface area contributed by atoms with Gasteiger partial charge in [-0.15, -0.1) is 0 Å². The van der Waals surface area contributed by atoms with Gasteiger partial charge in [0.15, 0.2) is 0 Å². The third kappa shape index (κ3) is 9.25. The molecule has 1 saturated heterocycles. The van der Waals surface area contributed by atoms with Crippen LogP contribution in [0.4, 0.5) is 0 Å². The Labute approximate surface area is 138 Å². The molecule has 0 spiro atoms. The maximum Gasteiger partial charge on any atom is 0.334 e. The number of hydrogen-bond donors (Lipinski definition) is 0. The maximum absolute atomic E-state index is 5.87. The Kier molecular flexibility index (Phi) is 11.4. The second kappa shape index (κ2) is 12.5. The van der Waals surface area contributed by atoms with E-state index in [0.29, 0.717) is 6.10 Å². The monoisotopic (exact) mass is 332 g/mol. The fourth-order valence-corrected chi connectivity index (χ4v) is 5.27. The van der Waals surface area contributed by atoms with Crippen LogP contribution >= 0.6 is 0 Å². The van der Waals surface area contributed by atoms with Crippen LogP contribution in [0.25, 0.3) is 0 Å². The molecule has 0 aromatic rings. The Morgan fingerprint density at radius 2 is 1.55 bits per heavy atom. The lowest BCUT2D eigenvalue weighted by Crippen LogP contribution is -2.38. The molecule has 1 unspecified atom stereocenters. The molecule has 1 heterocycles. The summed E-state index contributed by atoms with van der Waals surface area (Å²) in [5, 5.41) is 0. The summed E-state index contributed by atoms with van der Waals surface area (Å²) < 4.78 is 22.7. The van der Waals surface area contributed by atoms with Gasteiger partial charge in [0, 0.05) is 26.4 Å². The van der Waals surface area contributed by atoms with E-state index in [1.54, 1.807) is 0 Å². The highest BCUT2D eigenvalue weighted by Crippen LogP contribution is 2.19.